The van der Waals surface area contributed by atoms with Gasteiger partial charge in [-0.05, 0) is 24.3 Å². The van der Waals surface area contributed by atoms with Crippen molar-refractivity contribution in [3.8, 4) is 0 Å². The molecule has 2 amide bonds. The first-order chi connectivity index (χ1) is 10.1. The third kappa shape index (κ3) is 3.61. The van der Waals surface area contributed by atoms with E-state index in [2.05, 4.69) is 5.32 Å². The monoisotopic (exact) mass is 302 g/mol. The van der Waals surface area contributed by atoms with Crippen LogP contribution in [0.1, 0.15) is 10.4 Å². The summed E-state index contributed by atoms with van der Waals surface area (Å²) in [5.74, 6) is -0.673. The fraction of sp³-hybridized carbons (Fsp3) is 0.125. The molecular weight excluding hydrogens is 288 g/mol. The summed E-state index contributed by atoms with van der Waals surface area (Å²) in [5, 5.41) is 2.80. The molecule has 0 aliphatic rings. The summed E-state index contributed by atoms with van der Waals surface area (Å²) in [6.45, 7) is 0. The van der Waals surface area contributed by atoms with Crippen LogP contribution in [0, 0.1) is 0 Å². The summed E-state index contributed by atoms with van der Waals surface area (Å²) in [6.07, 6.45) is 0. The first-order valence-corrected chi connectivity index (χ1v) is 6.95. The van der Waals surface area contributed by atoms with Gasteiger partial charge in [0.25, 0.3) is 5.91 Å². The van der Waals surface area contributed by atoms with Gasteiger partial charge in [0.15, 0.2) is 0 Å². The minimum Gasteiger partial charge on any atom is -0.322 e. The van der Waals surface area contributed by atoms with E-state index in [1.54, 1.807) is 43.4 Å². The number of halogens is 1. The summed E-state index contributed by atoms with van der Waals surface area (Å²) < 4.78 is 0. The molecule has 21 heavy (non-hydrogen) atoms. The molecule has 0 atom stereocenters. The molecule has 2 rings (SSSR count). The molecular formula is C16H15ClN2O2. The van der Waals surface area contributed by atoms with E-state index in [-0.39, 0.29) is 17.7 Å². The first-order valence-electron chi connectivity index (χ1n) is 6.41. The zero-order valence-electron chi connectivity index (χ0n) is 11.5. The maximum absolute atomic E-state index is 12.4. The van der Waals surface area contributed by atoms with Gasteiger partial charge in [0.2, 0.25) is 5.91 Å². The van der Waals surface area contributed by atoms with E-state index in [1.807, 2.05) is 18.2 Å². The van der Waals surface area contributed by atoms with Gasteiger partial charge >= 0.3 is 0 Å². The first kappa shape index (κ1) is 15.1. The van der Waals surface area contributed by atoms with Crippen LogP contribution in [0.25, 0.3) is 0 Å². The van der Waals surface area contributed by atoms with Crippen molar-refractivity contribution in [2.24, 2.45) is 0 Å². The van der Waals surface area contributed by atoms with Crippen LogP contribution in [-0.2, 0) is 4.79 Å². The highest BCUT2D eigenvalue weighted by atomic mass is 35.5. The summed E-state index contributed by atoms with van der Waals surface area (Å²) in [7, 11) is 1.60. The second-order valence-corrected chi connectivity index (χ2v) is 4.69. The Bertz CT molecular complexity index is 644. The average molecular weight is 303 g/mol. The largest absolute Gasteiger partial charge is 0.322 e. The zero-order valence-corrected chi connectivity index (χ0v) is 12.3. The zero-order chi connectivity index (χ0) is 15.2. The molecule has 0 heterocycles. The molecule has 0 aromatic heterocycles. The number of nitrogens with one attached hydrogen (secondary N) is 1. The third-order valence-corrected chi connectivity index (χ3v) is 3.26. The molecule has 0 saturated carbocycles. The predicted molar refractivity (Wildman–Crippen MR) is 85.0 cm³/mol. The van der Waals surface area contributed by atoms with Crippen molar-refractivity contribution in [2.45, 2.75) is 0 Å². The number of alkyl halides is 1. The molecule has 0 aliphatic heterocycles. The van der Waals surface area contributed by atoms with Gasteiger partial charge in [-0.2, -0.15) is 0 Å². The van der Waals surface area contributed by atoms with Crippen LogP contribution in [0.3, 0.4) is 0 Å². The molecule has 0 unspecified atom stereocenters. The van der Waals surface area contributed by atoms with Crippen LogP contribution in [0.15, 0.2) is 54.6 Å². The van der Waals surface area contributed by atoms with Gasteiger partial charge in [-0.15, -0.1) is 11.6 Å². The number of para-hydroxylation sites is 2. The van der Waals surface area contributed by atoms with Crippen molar-refractivity contribution in [2.75, 3.05) is 23.1 Å². The Morgan fingerprint density at radius 3 is 2.33 bits per heavy atom. The second kappa shape index (κ2) is 6.90. The van der Waals surface area contributed by atoms with Gasteiger partial charge in [0.05, 0.1) is 11.3 Å². The number of hydrogen-bond acceptors (Lipinski definition) is 2. The van der Waals surface area contributed by atoms with Gasteiger partial charge in [0.1, 0.15) is 5.88 Å². The Morgan fingerprint density at radius 2 is 1.67 bits per heavy atom. The predicted octanol–water partition coefficient (Wildman–Crippen LogP) is 3.14. The number of anilines is 2. The van der Waals surface area contributed by atoms with Crippen molar-refractivity contribution in [1.82, 2.24) is 0 Å². The molecule has 108 valence electrons. The molecule has 2 aromatic rings. The maximum atomic E-state index is 12.4. The Hall–Kier alpha value is -2.33. The molecule has 0 aliphatic carbocycles. The SMILES string of the molecule is CN(C(=O)CCl)c1ccccc1C(=O)Nc1ccccc1. The number of nitrogens with zero attached hydrogens (tertiary/aromatic N) is 1. The smallest absolute Gasteiger partial charge is 0.257 e. The van der Waals surface area contributed by atoms with Crippen LogP contribution in [0.4, 0.5) is 11.4 Å². The van der Waals surface area contributed by atoms with Crippen LogP contribution in [-0.4, -0.2) is 24.7 Å². The van der Waals surface area contributed by atoms with E-state index in [4.69, 9.17) is 11.6 Å². The highest BCUT2D eigenvalue weighted by Gasteiger charge is 2.17. The molecule has 0 spiro atoms. The topological polar surface area (TPSA) is 49.4 Å². The summed E-state index contributed by atoms with van der Waals surface area (Å²) in [4.78, 5) is 25.5. The fourth-order valence-electron chi connectivity index (χ4n) is 1.90. The van der Waals surface area contributed by atoms with Crippen molar-refractivity contribution in [3.05, 3.63) is 60.2 Å². The molecule has 0 saturated heterocycles. The van der Waals surface area contributed by atoms with Gasteiger partial charge in [-0.25, -0.2) is 0 Å². The number of carbonyl (C=O) groups is 2. The van der Waals surface area contributed by atoms with E-state index >= 15 is 0 Å². The molecule has 4 nitrogen and oxygen atoms in total. The Labute approximate surface area is 128 Å². The molecule has 0 fully saturated rings. The van der Waals surface area contributed by atoms with E-state index in [9.17, 15) is 9.59 Å². The lowest BCUT2D eigenvalue weighted by molar-refractivity contribution is -0.116. The van der Waals surface area contributed by atoms with E-state index in [0.29, 0.717) is 16.9 Å². The Morgan fingerprint density at radius 1 is 1.05 bits per heavy atom. The Kier molecular flexibility index (Phi) is 4.95. The number of amides is 2. The van der Waals surface area contributed by atoms with Crippen LogP contribution in [0.2, 0.25) is 0 Å². The van der Waals surface area contributed by atoms with E-state index < -0.39 is 0 Å². The number of hydrogen-bond donors (Lipinski definition) is 1. The van der Waals surface area contributed by atoms with Gasteiger partial charge in [-0.1, -0.05) is 30.3 Å². The second-order valence-electron chi connectivity index (χ2n) is 4.42. The normalized spacial score (nSPS) is 10.0. The van der Waals surface area contributed by atoms with Crippen molar-refractivity contribution in [1.29, 1.82) is 0 Å². The summed E-state index contributed by atoms with van der Waals surface area (Å²) >= 11 is 5.57. The van der Waals surface area contributed by atoms with Crippen molar-refractivity contribution >= 4 is 34.8 Å². The molecule has 0 bridgehead atoms. The molecule has 0 radical (unpaired) electrons. The lowest BCUT2D eigenvalue weighted by Crippen LogP contribution is -2.29. The third-order valence-electron chi connectivity index (χ3n) is 3.03. The van der Waals surface area contributed by atoms with Gasteiger partial charge in [-0.3, -0.25) is 9.59 Å². The quantitative estimate of drug-likeness (QED) is 0.882. The minimum absolute atomic E-state index is 0.134. The van der Waals surface area contributed by atoms with E-state index in [1.165, 1.54) is 4.90 Å². The van der Waals surface area contributed by atoms with Crippen molar-refractivity contribution < 1.29 is 9.59 Å². The highest BCUT2D eigenvalue weighted by molar-refractivity contribution is 6.29. The van der Waals surface area contributed by atoms with Gasteiger partial charge < -0.3 is 10.2 Å². The van der Waals surface area contributed by atoms with Crippen molar-refractivity contribution in [3.63, 3.8) is 0 Å². The van der Waals surface area contributed by atoms with Crippen LogP contribution >= 0.6 is 11.6 Å². The van der Waals surface area contributed by atoms with Crippen LogP contribution < -0.4 is 10.2 Å². The molecule has 1 N–H and O–H groups in total. The number of rotatable bonds is 4. The maximum Gasteiger partial charge on any atom is 0.257 e. The standard InChI is InChI=1S/C16H15ClN2O2/c1-19(15(20)11-17)14-10-6-5-9-13(14)16(21)18-12-7-3-2-4-8-12/h2-10H,11H2,1H3,(H,18,21). The number of carbonyl (C=O) groups excluding carboxylic acids is 2. The summed E-state index contributed by atoms with van der Waals surface area (Å²) in [6, 6.07) is 16.1. The minimum atomic E-state index is -0.272. The summed E-state index contributed by atoms with van der Waals surface area (Å²) in [5.41, 5.74) is 1.64. The highest BCUT2D eigenvalue weighted by Crippen LogP contribution is 2.21. The lowest BCUT2D eigenvalue weighted by Gasteiger charge is -2.19. The number of benzene rings is 2. The Balaban J connectivity index is 2.27. The molecule has 2 aromatic carbocycles. The fourth-order valence-corrected chi connectivity index (χ4v) is 2.08. The van der Waals surface area contributed by atoms with Gasteiger partial charge in [0, 0.05) is 12.7 Å². The van der Waals surface area contributed by atoms with E-state index in [0.717, 1.165) is 0 Å². The lowest BCUT2D eigenvalue weighted by atomic mass is 10.1. The molecule has 5 heteroatoms. The van der Waals surface area contributed by atoms with Crippen LogP contribution in [0.5, 0.6) is 0 Å². The average Bonchev–Trinajstić information content (AvgIpc) is 2.54.